The molecule has 0 bridgehead atoms. The predicted molar refractivity (Wildman–Crippen MR) is 333 cm³/mol. The minimum Gasteiger partial charge on any atom is -0.486 e. The van der Waals surface area contributed by atoms with Crippen molar-refractivity contribution in [2.45, 2.75) is 59.3 Å². The van der Waals surface area contributed by atoms with Gasteiger partial charge >= 0.3 is 0 Å². The van der Waals surface area contributed by atoms with Crippen molar-refractivity contribution >= 4 is 85.3 Å². The van der Waals surface area contributed by atoms with E-state index in [1.807, 2.05) is 6.07 Å². The van der Waals surface area contributed by atoms with Crippen LogP contribution in [0.3, 0.4) is 0 Å². The summed E-state index contributed by atoms with van der Waals surface area (Å²) in [5, 5.41) is 1.07. The number of hydrogen-bond donors (Lipinski definition) is 0. The third-order valence-electron chi connectivity index (χ3n) is 17.3. The maximum absolute atomic E-state index is 6.84. The van der Waals surface area contributed by atoms with Crippen molar-refractivity contribution in [3.05, 3.63) is 240 Å². The first-order valence-corrected chi connectivity index (χ1v) is 28.1. The van der Waals surface area contributed by atoms with Gasteiger partial charge in [0.15, 0.2) is 11.5 Å². The maximum Gasteiger partial charge on any atom is 0.252 e. The summed E-state index contributed by atoms with van der Waals surface area (Å²) in [6, 6.07) is 78.4. The SMILES string of the molecule is Cc1cc2c3c(c1)N(c1ccc(C(C)(C)C)cc1C)c1c(ccc4c1OCCO4)B3c1ccc(N(c3ccccc3)c3ccccc3)cc1N2c1cc(-c2ccc3c(c2)C(C)(C)c2ccccc2-3)cc(-c2cc3ccccc3o2)c1. The molecule has 0 radical (unpaired) electrons. The van der Waals surface area contributed by atoms with Gasteiger partial charge in [-0.05, 0) is 183 Å². The normalized spacial score (nSPS) is 14.3. The fraction of sp³-hybridized carbons (Fsp3) is 0.151. The van der Waals surface area contributed by atoms with Crippen LogP contribution in [0.15, 0.2) is 217 Å². The lowest BCUT2D eigenvalue weighted by molar-refractivity contribution is 0.172. The molecule has 1 aliphatic carbocycles. The average molecular weight is 1040 g/mol. The molecule has 0 saturated heterocycles. The van der Waals surface area contributed by atoms with Gasteiger partial charge in [-0.1, -0.05) is 150 Å². The Balaban J connectivity index is 1.03. The molecule has 7 heteroatoms. The van der Waals surface area contributed by atoms with Gasteiger partial charge in [0.1, 0.15) is 24.6 Å². The highest BCUT2D eigenvalue weighted by Crippen LogP contribution is 2.54. The standard InChI is InChI=1S/C73H60BN3O3/c1-45-36-64-69-65(37-45)77(62-32-27-51(38-46(62)2)72(3,4)5)70-61(31-33-67-71(70)79-35-34-78-67)74(69)60-30-28-54(75(52-19-10-8-11-20-52)53-21-12-9-13-22-53)44-63(60)76(64)55-40-49(39-50(41-55)68-43-48-18-14-17-25-66(48)80-68)47-26-29-57-56-23-15-16-24-58(56)73(6,7)59(57)42-47/h8-33,36-44H,34-35H2,1-7H3. The van der Waals surface area contributed by atoms with Crippen LogP contribution in [0.2, 0.25) is 0 Å². The molecule has 0 atom stereocenters. The number of ether oxygens (including phenoxy) is 2. The molecule has 11 aromatic rings. The molecule has 6 nitrogen and oxygen atoms in total. The van der Waals surface area contributed by atoms with Crippen LogP contribution in [0, 0.1) is 13.8 Å². The van der Waals surface area contributed by atoms with Gasteiger partial charge in [0.25, 0.3) is 6.71 Å². The molecule has 0 saturated carbocycles. The zero-order chi connectivity index (χ0) is 54.2. The highest BCUT2D eigenvalue weighted by molar-refractivity contribution is 7.00. The van der Waals surface area contributed by atoms with Gasteiger partial charge in [0.2, 0.25) is 0 Å². The van der Waals surface area contributed by atoms with Crippen molar-refractivity contribution in [2.24, 2.45) is 0 Å². The van der Waals surface area contributed by atoms with Gasteiger partial charge in [-0.3, -0.25) is 0 Å². The second-order valence-corrected chi connectivity index (χ2v) is 23.7. The van der Waals surface area contributed by atoms with Crippen molar-refractivity contribution in [1.82, 2.24) is 0 Å². The number of hydrogen-bond acceptors (Lipinski definition) is 6. The van der Waals surface area contributed by atoms with Crippen molar-refractivity contribution in [3.63, 3.8) is 0 Å². The molecule has 4 aliphatic rings. The van der Waals surface area contributed by atoms with E-state index in [1.54, 1.807) is 0 Å². The lowest BCUT2D eigenvalue weighted by atomic mass is 9.33. The van der Waals surface area contributed by atoms with Crippen molar-refractivity contribution in [1.29, 1.82) is 0 Å². The Hall–Kier alpha value is -9.20. The number of aryl methyl sites for hydroxylation is 2. The van der Waals surface area contributed by atoms with Crippen molar-refractivity contribution < 1.29 is 13.9 Å². The maximum atomic E-state index is 6.84. The first-order valence-electron chi connectivity index (χ1n) is 28.1. The molecule has 0 amide bonds. The fourth-order valence-corrected chi connectivity index (χ4v) is 13.4. The van der Waals surface area contributed by atoms with Gasteiger partial charge in [0, 0.05) is 61.9 Å². The van der Waals surface area contributed by atoms with E-state index in [1.165, 1.54) is 49.8 Å². The molecular weight excluding hydrogens is 978 g/mol. The van der Waals surface area contributed by atoms with Gasteiger partial charge < -0.3 is 28.6 Å². The summed E-state index contributed by atoms with van der Waals surface area (Å²) in [7, 11) is 0. The van der Waals surface area contributed by atoms with Crippen LogP contribution in [0.25, 0.3) is 44.5 Å². The molecule has 4 heterocycles. The number of furan rings is 1. The van der Waals surface area contributed by atoms with Crippen LogP contribution < -0.4 is 40.6 Å². The lowest BCUT2D eigenvalue weighted by Gasteiger charge is -2.45. The molecule has 10 aromatic carbocycles. The number of rotatable bonds is 7. The Kier molecular flexibility index (Phi) is 10.7. The van der Waals surface area contributed by atoms with E-state index in [0.717, 1.165) is 102 Å². The second-order valence-electron chi connectivity index (χ2n) is 23.7. The Labute approximate surface area is 469 Å². The summed E-state index contributed by atoms with van der Waals surface area (Å²) in [4.78, 5) is 7.41. The number of fused-ring (bicyclic) bond motifs is 10. The minimum atomic E-state index is -0.174. The first-order chi connectivity index (χ1) is 38.9. The average Bonchev–Trinajstić information content (AvgIpc) is 4.16. The van der Waals surface area contributed by atoms with E-state index >= 15 is 0 Å². The van der Waals surface area contributed by atoms with Crippen LogP contribution in [0.4, 0.5) is 51.2 Å². The number of para-hydroxylation sites is 3. The second kappa shape index (κ2) is 17.9. The van der Waals surface area contributed by atoms with Crippen LogP contribution >= 0.6 is 0 Å². The van der Waals surface area contributed by atoms with Crippen LogP contribution in [0.1, 0.15) is 62.4 Å². The molecule has 388 valence electrons. The summed E-state index contributed by atoms with van der Waals surface area (Å²) < 4.78 is 20.1. The van der Waals surface area contributed by atoms with E-state index in [0.29, 0.717) is 13.2 Å². The van der Waals surface area contributed by atoms with E-state index in [9.17, 15) is 0 Å². The monoisotopic (exact) mass is 1040 g/mol. The van der Waals surface area contributed by atoms with Gasteiger partial charge in [0.05, 0.1) is 5.69 Å². The number of nitrogens with zero attached hydrogens (tertiary/aromatic N) is 3. The molecule has 0 spiro atoms. The van der Waals surface area contributed by atoms with E-state index in [2.05, 4.69) is 269 Å². The first kappa shape index (κ1) is 48.0. The summed E-state index contributed by atoms with van der Waals surface area (Å²) in [6.45, 7) is 16.9. The Morgan fingerprint density at radius 1 is 0.512 bits per heavy atom. The van der Waals surface area contributed by atoms with Crippen molar-refractivity contribution in [2.75, 3.05) is 27.9 Å². The number of anilines is 9. The molecule has 80 heavy (non-hydrogen) atoms. The third kappa shape index (κ3) is 7.47. The molecule has 3 aliphatic heterocycles. The topological polar surface area (TPSA) is 41.3 Å². The Morgan fingerprint density at radius 3 is 1.96 bits per heavy atom. The third-order valence-corrected chi connectivity index (χ3v) is 17.3. The highest BCUT2D eigenvalue weighted by atomic mass is 16.6. The molecule has 0 fully saturated rings. The summed E-state index contributed by atoms with van der Waals surface area (Å²) in [6.07, 6.45) is 0. The van der Waals surface area contributed by atoms with E-state index in [4.69, 9.17) is 13.9 Å². The van der Waals surface area contributed by atoms with Crippen LogP contribution in [-0.4, -0.2) is 19.9 Å². The largest absolute Gasteiger partial charge is 0.486 e. The zero-order valence-corrected chi connectivity index (χ0v) is 46.3. The Bertz CT molecular complexity index is 4250. The van der Waals surface area contributed by atoms with Gasteiger partial charge in [-0.15, -0.1) is 0 Å². The quantitative estimate of drug-likeness (QED) is 0.148. The highest BCUT2D eigenvalue weighted by Gasteiger charge is 2.46. The summed E-state index contributed by atoms with van der Waals surface area (Å²) in [5.41, 5.74) is 26.1. The van der Waals surface area contributed by atoms with E-state index < -0.39 is 0 Å². The van der Waals surface area contributed by atoms with Gasteiger partial charge in [-0.2, -0.15) is 0 Å². The molecule has 0 N–H and O–H groups in total. The van der Waals surface area contributed by atoms with E-state index in [-0.39, 0.29) is 17.5 Å². The van der Waals surface area contributed by atoms with Gasteiger partial charge in [-0.25, -0.2) is 0 Å². The summed E-state index contributed by atoms with van der Waals surface area (Å²) in [5.74, 6) is 2.37. The summed E-state index contributed by atoms with van der Waals surface area (Å²) >= 11 is 0. The molecule has 1 aromatic heterocycles. The zero-order valence-electron chi connectivity index (χ0n) is 46.3. The van der Waals surface area contributed by atoms with Crippen LogP contribution in [0.5, 0.6) is 11.5 Å². The predicted octanol–water partition coefficient (Wildman–Crippen LogP) is 17.3. The molecule has 0 unspecified atom stereocenters. The Morgan fingerprint density at radius 2 is 1.20 bits per heavy atom. The van der Waals surface area contributed by atoms with Crippen molar-refractivity contribution in [3.8, 4) is 45.1 Å². The number of benzene rings is 10. The minimum absolute atomic E-state index is 0.0246. The fourth-order valence-electron chi connectivity index (χ4n) is 13.4. The smallest absolute Gasteiger partial charge is 0.252 e. The molecule has 15 rings (SSSR count). The lowest BCUT2D eigenvalue weighted by Crippen LogP contribution is -2.61. The van der Waals surface area contributed by atoms with Crippen LogP contribution in [-0.2, 0) is 10.8 Å². The molecular formula is C73H60BN3O3.